The first kappa shape index (κ1) is 22.6. The highest BCUT2D eigenvalue weighted by atomic mass is 35.5. The molecule has 0 saturated carbocycles. The average molecular weight is 454 g/mol. The van der Waals surface area contributed by atoms with Gasteiger partial charge in [-0.25, -0.2) is 4.98 Å². The van der Waals surface area contributed by atoms with Gasteiger partial charge >= 0.3 is 0 Å². The molecule has 1 atom stereocenters. The maximum absolute atomic E-state index is 13.0. The van der Waals surface area contributed by atoms with E-state index in [1.54, 1.807) is 0 Å². The Kier molecular flexibility index (Phi) is 7.01. The third-order valence-electron chi connectivity index (χ3n) is 6.21. The van der Waals surface area contributed by atoms with Crippen molar-refractivity contribution in [1.29, 1.82) is 0 Å². The number of fused-ring (bicyclic) bond motifs is 1. The molecule has 4 rings (SSSR count). The second-order valence-corrected chi connectivity index (χ2v) is 9.38. The van der Waals surface area contributed by atoms with Crippen LogP contribution in [0.5, 0.6) is 0 Å². The summed E-state index contributed by atoms with van der Waals surface area (Å²) in [6.45, 7) is 3.46. The van der Waals surface area contributed by atoms with E-state index in [9.17, 15) is 4.79 Å². The number of benzene rings is 2. The predicted octanol–water partition coefficient (Wildman–Crippen LogP) is 4.51. The van der Waals surface area contributed by atoms with E-state index in [0.29, 0.717) is 5.02 Å². The number of piperidine rings is 1. The number of para-hydroxylation sites is 2. The van der Waals surface area contributed by atoms with Crippen LogP contribution >= 0.6 is 11.6 Å². The molecular weight excluding hydrogens is 422 g/mol. The number of carbonyl (C=O) groups is 1. The van der Waals surface area contributed by atoms with Crippen molar-refractivity contribution < 1.29 is 4.79 Å². The zero-order valence-corrected chi connectivity index (χ0v) is 19.9. The van der Waals surface area contributed by atoms with Gasteiger partial charge in [0.1, 0.15) is 5.82 Å². The number of nitrogens with zero attached hydrogens (tertiary/aromatic N) is 4. The van der Waals surface area contributed by atoms with Crippen molar-refractivity contribution in [2.75, 3.05) is 52.2 Å². The number of imidazole rings is 1. The standard InChI is InChI=1S/C25H32ClN5O/c1-29(2)13-7-14-30(3)25(32)18-8-6-15-31(17-18)19-11-12-21(26)20(16-19)24-27-22-9-4-5-10-23(22)28-24/h4-5,9-12,16,18H,6-8,13-15,17H2,1-3H3,(H,27,28). The number of carbonyl (C=O) groups excluding carboxylic acids is 1. The second-order valence-electron chi connectivity index (χ2n) is 8.97. The highest BCUT2D eigenvalue weighted by Crippen LogP contribution is 2.33. The monoisotopic (exact) mass is 453 g/mol. The van der Waals surface area contributed by atoms with E-state index in [4.69, 9.17) is 16.6 Å². The fourth-order valence-electron chi connectivity index (χ4n) is 4.43. The number of H-pyrrole nitrogens is 1. The van der Waals surface area contributed by atoms with E-state index >= 15 is 0 Å². The fraction of sp³-hybridized carbons (Fsp3) is 0.440. The van der Waals surface area contributed by atoms with Gasteiger partial charge in [-0.15, -0.1) is 0 Å². The summed E-state index contributed by atoms with van der Waals surface area (Å²) in [5, 5.41) is 0.665. The van der Waals surface area contributed by atoms with E-state index in [-0.39, 0.29) is 11.8 Å². The van der Waals surface area contributed by atoms with Crippen LogP contribution in [0.15, 0.2) is 42.5 Å². The molecule has 7 heteroatoms. The number of aromatic amines is 1. The summed E-state index contributed by atoms with van der Waals surface area (Å²) in [4.78, 5) is 27.5. The summed E-state index contributed by atoms with van der Waals surface area (Å²) in [5.41, 5.74) is 3.88. The summed E-state index contributed by atoms with van der Waals surface area (Å²) in [5.74, 6) is 1.04. The second kappa shape index (κ2) is 9.92. The molecule has 1 saturated heterocycles. The Morgan fingerprint density at radius 3 is 2.78 bits per heavy atom. The van der Waals surface area contributed by atoms with Crippen LogP contribution in [0.1, 0.15) is 19.3 Å². The van der Waals surface area contributed by atoms with Crippen LogP contribution < -0.4 is 4.90 Å². The fourth-order valence-corrected chi connectivity index (χ4v) is 4.64. The molecule has 1 amide bonds. The quantitative estimate of drug-likeness (QED) is 0.571. The van der Waals surface area contributed by atoms with E-state index in [0.717, 1.165) is 73.6 Å². The third-order valence-corrected chi connectivity index (χ3v) is 6.53. The van der Waals surface area contributed by atoms with Gasteiger partial charge in [0.15, 0.2) is 0 Å². The number of aromatic nitrogens is 2. The van der Waals surface area contributed by atoms with Crippen molar-refractivity contribution >= 4 is 34.2 Å². The summed E-state index contributed by atoms with van der Waals surface area (Å²) in [6.07, 6.45) is 2.94. The molecule has 2 heterocycles. The zero-order valence-electron chi connectivity index (χ0n) is 19.1. The van der Waals surface area contributed by atoms with Gasteiger partial charge in [0, 0.05) is 37.9 Å². The molecule has 1 aromatic heterocycles. The third kappa shape index (κ3) is 5.08. The highest BCUT2D eigenvalue weighted by Gasteiger charge is 2.28. The van der Waals surface area contributed by atoms with Crippen LogP contribution in [0.3, 0.4) is 0 Å². The normalized spacial score (nSPS) is 16.7. The van der Waals surface area contributed by atoms with E-state index in [2.05, 4.69) is 34.9 Å². The number of rotatable bonds is 7. The Morgan fingerprint density at radius 2 is 2.00 bits per heavy atom. The van der Waals surface area contributed by atoms with Crippen LogP contribution in [0.2, 0.25) is 5.02 Å². The Hall–Kier alpha value is -2.57. The van der Waals surface area contributed by atoms with Crippen LogP contribution in [0, 0.1) is 5.92 Å². The molecule has 1 unspecified atom stereocenters. The molecule has 1 aliphatic heterocycles. The Morgan fingerprint density at radius 1 is 1.19 bits per heavy atom. The lowest BCUT2D eigenvalue weighted by atomic mass is 9.95. The van der Waals surface area contributed by atoms with Gasteiger partial charge < -0.3 is 19.7 Å². The summed E-state index contributed by atoms with van der Waals surface area (Å²) >= 11 is 6.55. The molecule has 1 aliphatic rings. The number of hydrogen-bond donors (Lipinski definition) is 1. The summed E-state index contributed by atoms with van der Waals surface area (Å²) < 4.78 is 0. The SMILES string of the molecule is CN(C)CCCN(C)C(=O)C1CCCN(c2ccc(Cl)c(-c3nc4ccccc4[nH]3)c2)C1. The molecule has 0 radical (unpaired) electrons. The van der Waals surface area contributed by atoms with Gasteiger partial charge in [-0.1, -0.05) is 23.7 Å². The average Bonchev–Trinajstić information content (AvgIpc) is 3.22. The Labute approximate surface area is 195 Å². The van der Waals surface area contributed by atoms with Gasteiger partial charge in [0.05, 0.1) is 22.0 Å². The molecule has 3 aromatic rings. The number of nitrogens with one attached hydrogen (secondary N) is 1. The summed E-state index contributed by atoms with van der Waals surface area (Å²) in [6, 6.07) is 14.0. The van der Waals surface area contributed by atoms with Gasteiger partial charge in [0.2, 0.25) is 5.91 Å². The van der Waals surface area contributed by atoms with Crippen LogP contribution in [-0.2, 0) is 4.79 Å². The van der Waals surface area contributed by atoms with Crippen molar-refractivity contribution in [3.63, 3.8) is 0 Å². The maximum atomic E-state index is 13.0. The van der Waals surface area contributed by atoms with Crippen LogP contribution in [-0.4, -0.2) is 73.0 Å². The first-order valence-electron chi connectivity index (χ1n) is 11.3. The smallest absolute Gasteiger partial charge is 0.227 e. The van der Waals surface area contributed by atoms with Crippen molar-refractivity contribution in [2.24, 2.45) is 5.92 Å². The molecule has 0 aliphatic carbocycles. The van der Waals surface area contributed by atoms with Crippen LogP contribution in [0.25, 0.3) is 22.4 Å². The zero-order chi connectivity index (χ0) is 22.7. The molecule has 32 heavy (non-hydrogen) atoms. The number of amides is 1. The largest absolute Gasteiger partial charge is 0.371 e. The molecule has 1 N–H and O–H groups in total. The van der Waals surface area contributed by atoms with Gasteiger partial charge in [-0.05, 0) is 70.2 Å². The van der Waals surface area contributed by atoms with E-state index in [1.165, 1.54) is 0 Å². The molecular formula is C25H32ClN5O. The first-order chi connectivity index (χ1) is 15.4. The van der Waals surface area contributed by atoms with Crippen LogP contribution in [0.4, 0.5) is 5.69 Å². The number of anilines is 1. The molecule has 1 fully saturated rings. The molecule has 0 bridgehead atoms. The summed E-state index contributed by atoms with van der Waals surface area (Å²) in [7, 11) is 6.05. The topological polar surface area (TPSA) is 55.5 Å². The minimum atomic E-state index is 0.0263. The maximum Gasteiger partial charge on any atom is 0.227 e. The number of halogens is 1. The van der Waals surface area contributed by atoms with Crippen molar-refractivity contribution in [3.05, 3.63) is 47.5 Å². The van der Waals surface area contributed by atoms with Crippen molar-refractivity contribution in [3.8, 4) is 11.4 Å². The molecule has 2 aromatic carbocycles. The van der Waals surface area contributed by atoms with E-state index < -0.39 is 0 Å². The molecule has 170 valence electrons. The highest BCUT2D eigenvalue weighted by molar-refractivity contribution is 6.33. The number of hydrogen-bond acceptors (Lipinski definition) is 4. The van der Waals surface area contributed by atoms with Gasteiger partial charge in [-0.2, -0.15) is 0 Å². The minimum absolute atomic E-state index is 0.0263. The Bertz CT molecular complexity index is 1050. The molecule has 0 spiro atoms. The van der Waals surface area contributed by atoms with Crippen molar-refractivity contribution in [2.45, 2.75) is 19.3 Å². The minimum Gasteiger partial charge on any atom is -0.371 e. The van der Waals surface area contributed by atoms with E-state index in [1.807, 2.05) is 48.3 Å². The first-order valence-corrected chi connectivity index (χ1v) is 11.7. The lowest BCUT2D eigenvalue weighted by Gasteiger charge is -2.35. The lowest BCUT2D eigenvalue weighted by molar-refractivity contribution is -0.134. The lowest BCUT2D eigenvalue weighted by Crippen LogP contribution is -2.44. The Balaban J connectivity index is 1.48. The van der Waals surface area contributed by atoms with Gasteiger partial charge in [0.25, 0.3) is 0 Å². The van der Waals surface area contributed by atoms with Gasteiger partial charge in [-0.3, -0.25) is 4.79 Å². The molecule has 6 nitrogen and oxygen atoms in total. The predicted molar refractivity (Wildman–Crippen MR) is 132 cm³/mol. The van der Waals surface area contributed by atoms with Crippen molar-refractivity contribution in [1.82, 2.24) is 19.8 Å².